The first kappa shape index (κ1) is 23.4. The summed E-state index contributed by atoms with van der Waals surface area (Å²) in [5, 5.41) is 0. The molecule has 5 rings (SSSR count). The molecule has 0 radical (unpaired) electrons. The first-order valence-electron chi connectivity index (χ1n) is 11.6. The van der Waals surface area contributed by atoms with Crippen molar-refractivity contribution in [2.75, 3.05) is 0 Å². The van der Waals surface area contributed by atoms with Gasteiger partial charge in [-0.1, -0.05) is 96.6 Å². The second-order valence-electron chi connectivity index (χ2n) is 8.68. The van der Waals surface area contributed by atoms with Gasteiger partial charge in [0.05, 0.1) is 0 Å². The van der Waals surface area contributed by atoms with E-state index in [-0.39, 0.29) is 17.7 Å². The van der Waals surface area contributed by atoms with Crippen molar-refractivity contribution in [3.63, 3.8) is 0 Å². The first-order chi connectivity index (χ1) is 17.5. The zero-order valence-electron chi connectivity index (χ0n) is 19.6. The number of rotatable bonds is 6. The standard InChI is InChI=1S/C32H23F3O/c1-21-7-11-24(12-8-21)25-13-9-22(10-14-25)20-36-32-30(34)18-27(19-31(32)35)28-16-15-26(17-29(28)33)23-5-3-2-4-6-23/h2-19H,20H2,1H3. The van der Waals surface area contributed by atoms with Crippen LogP contribution in [0, 0.1) is 24.4 Å². The van der Waals surface area contributed by atoms with Crippen LogP contribution in [0.25, 0.3) is 33.4 Å². The van der Waals surface area contributed by atoms with E-state index in [2.05, 4.69) is 0 Å². The molecule has 0 aromatic heterocycles. The van der Waals surface area contributed by atoms with Crippen molar-refractivity contribution in [2.24, 2.45) is 0 Å². The minimum Gasteiger partial charge on any atom is -0.483 e. The van der Waals surface area contributed by atoms with Crippen LogP contribution in [-0.4, -0.2) is 0 Å². The Hall–Kier alpha value is -4.31. The smallest absolute Gasteiger partial charge is 0.191 e. The van der Waals surface area contributed by atoms with Gasteiger partial charge in [-0.25, -0.2) is 13.2 Å². The van der Waals surface area contributed by atoms with Crippen molar-refractivity contribution in [2.45, 2.75) is 13.5 Å². The first-order valence-corrected chi connectivity index (χ1v) is 11.6. The number of benzene rings is 5. The Morgan fingerprint density at radius 1 is 0.528 bits per heavy atom. The maximum absolute atomic E-state index is 14.9. The molecule has 178 valence electrons. The maximum Gasteiger partial charge on any atom is 0.191 e. The van der Waals surface area contributed by atoms with Crippen LogP contribution >= 0.6 is 0 Å². The van der Waals surface area contributed by atoms with Crippen LogP contribution in [0.15, 0.2) is 109 Å². The minimum atomic E-state index is -0.882. The summed E-state index contributed by atoms with van der Waals surface area (Å²) in [7, 11) is 0. The van der Waals surface area contributed by atoms with Crippen LogP contribution in [0.5, 0.6) is 5.75 Å². The van der Waals surface area contributed by atoms with E-state index in [9.17, 15) is 13.2 Å². The highest BCUT2D eigenvalue weighted by Gasteiger charge is 2.16. The molecule has 4 heteroatoms. The molecule has 5 aromatic carbocycles. The van der Waals surface area contributed by atoms with Crippen molar-refractivity contribution >= 4 is 0 Å². The molecule has 5 aromatic rings. The molecular formula is C32H23F3O. The predicted octanol–water partition coefficient (Wildman–Crippen LogP) is 8.99. The number of halogens is 3. The summed E-state index contributed by atoms with van der Waals surface area (Å²) < 4.78 is 49.9. The maximum atomic E-state index is 14.9. The third-order valence-corrected chi connectivity index (χ3v) is 6.11. The minimum absolute atomic E-state index is 0.00149. The normalized spacial score (nSPS) is 10.9. The molecule has 0 heterocycles. The molecule has 0 aliphatic heterocycles. The van der Waals surface area contributed by atoms with Crippen LogP contribution in [-0.2, 0) is 6.61 Å². The van der Waals surface area contributed by atoms with Crippen molar-refractivity contribution in [1.29, 1.82) is 0 Å². The molecular weight excluding hydrogens is 457 g/mol. The molecule has 0 bridgehead atoms. The lowest BCUT2D eigenvalue weighted by molar-refractivity contribution is 0.274. The van der Waals surface area contributed by atoms with Gasteiger partial charge in [0.25, 0.3) is 0 Å². The fraction of sp³-hybridized carbons (Fsp3) is 0.0625. The molecule has 0 aliphatic carbocycles. The summed E-state index contributed by atoms with van der Waals surface area (Å²) in [6.45, 7) is 2.04. The highest BCUT2D eigenvalue weighted by Crippen LogP contribution is 2.33. The third-order valence-electron chi connectivity index (χ3n) is 6.11. The Balaban J connectivity index is 1.32. The molecule has 36 heavy (non-hydrogen) atoms. The number of hydrogen-bond acceptors (Lipinski definition) is 1. The van der Waals surface area contributed by atoms with E-state index in [4.69, 9.17) is 4.74 Å². The van der Waals surface area contributed by atoms with E-state index in [1.807, 2.05) is 85.8 Å². The molecule has 0 saturated heterocycles. The largest absolute Gasteiger partial charge is 0.483 e. The summed E-state index contributed by atoms with van der Waals surface area (Å²) in [4.78, 5) is 0. The number of hydrogen-bond donors (Lipinski definition) is 0. The second kappa shape index (κ2) is 10.1. The van der Waals surface area contributed by atoms with Crippen LogP contribution in [0.4, 0.5) is 13.2 Å². The second-order valence-corrected chi connectivity index (χ2v) is 8.68. The van der Waals surface area contributed by atoms with E-state index in [0.29, 0.717) is 5.56 Å². The molecule has 0 atom stereocenters. The highest BCUT2D eigenvalue weighted by atomic mass is 19.1. The predicted molar refractivity (Wildman–Crippen MR) is 138 cm³/mol. The van der Waals surface area contributed by atoms with Gasteiger partial charge in [-0.05, 0) is 58.5 Å². The summed E-state index contributed by atoms with van der Waals surface area (Å²) in [5.41, 5.74) is 5.86. The molecule has 0 amide bonds. The van der Waals surface area contributed by atoms with Crippen molar-refractivity contribution in [1.82, 2.24) is 0 Å². The third kappa shape index (κ3) is 5.03. The van der Waals surface area contributed by atoms with Gasteiger partial charge in [-0.3, -0.25) is 0 Å². The van der Waals surface area contributed by atoms with Crippen molar-refractivity contribution < 1.29 is 17.9 Å². The summed E-state index contributed by atoms with van der Waals surface area (Å²) in [6, 6.07) is 32.0. The molecule has 0 aliphatic rings. The quantitative estimate of drug-likeness (QED) is 0.236. The lowest BCUT2D eigenvalue weighted by Crippen LogP contribution is -2.01. The van der Waals surface area contributed by atoms with Crippen molar-refractivity contribution in [3.05, 3.63) is 138 Å². The van der Waals surface area contributed by atoms with E-state index in [1.165, 1.54) is 17.7 Å². The van der Waals surface area contributed by atoms with Gasteiger partial charge in [0.15, 0.2) is 17.4 Å². The zero-order chi connectivity index (χ0) is 25.1. The van der Waals surface area contributed by atoms with E-state index in [0.717, 1.165) is 34.4 Å². The Labute approximate surface area is 208 Å². The Bertz CT molecular complexity index is 1470. The number of aryl methyl sites for hydroxylation is 1. The summed E-state index contributed by atoms with van der Waals surface area (Å²) in [5.74, 6) is -2.80. The Morgan fingerprint density at radius 2 is 1.06 bits per heavy atom. The van der Waals surface area contributed by atoms with E-state index in [1.54, 1.807) is 6.07 Å². The van der Waals surface area contributed by atoms with Gasteiger partial charge in [-0.2, -0.15) is 0 Å². The average molecular weight is 481 g/mol. The molecule has 0 N–H and O–H groups in total. The van der Waals surface area contributed by atoms with Gasteiger partial charge in [-0.15, -0.1) is 0 Å². The Morgan fingerprint density at radius 3 is 1.67 bits per heavy atom. The summed E-state index contributed by atoms with van der Waals surface area (Å²) in [6.07, 6.45) is 0. The van der Waals surface area contributed by atoms with Crippen LogP contribution in [0.3, 0.4) is 0 Å². The van der Waals surface area contributed by atoms with Gasteiger partial charge in [0.2, 0.25) is 0 Å². The van der Waals surface area contributed by atoms with E-state index < -0.39 is 23.2 Å². The number of ether oxygens (including phenoxy) is 1. The molecule has 0 spiro atoms. The SMILES string of the molecule is Cc1ccc(-c2ccc(COc3c(F)cc(-c4ccc(-c5ccccc5)cc4F)cc3F)cc2)cc1. The monoisotopic (exact) mass is 480 g/mol. The topological polar surface area (TPSA) is 9.23 Å². The van der Waals surface area contributed by atoms with Gasteiger partial charge >= 0.3 is 0 Å². The van der Waals surface area contributed by atoms with E-state index >= 15 is 0 Å². The lowest BCUT2D eigenvalue weighted by atomic mass is 9.99. The van der Waals surface area contributed by atoms with Gasteiger partial charge in [0, 0.05) is 5.56 Å². The lowest BCUT2D eigenvalue weighted by Gasteiger charge is -2.12. The van der Waals surface area contributed by atoms with Crippen LogP contribution in [0.1, 0.15) is 11.1 Å². The molecule has 0 fully saturated rings. The average Bonchev–Trinajstić information content (AvgIpc) is 2.89. The fourth-order valence-electron chi connectivity index (χ4n) is 4.11. The zero-order valence-corrected chi connectivity index (χ0v) is 19.6. The molecule has 1 nitrogen and oxygen atoms in total. The van der Waals surface area contributed by atoms with Crippen molar-refractivity contribution in [3.8, 4) is 39.1 Å². The fourth-order valence-corrected chi connectivity index (χ4v) is 4.11. The van der Waals surface area contributed by atoms with Gasteiger partial charge in [0.1, 0.15) is 12.4 Å². The van der Waals surface area contributed by atoms with Crippen LogP contribution < -0.4 is 4.74 Å². The summed E-state index contributed by atoms with van der Waals surface area (Å²) >= 11 is 0. The Kier molecular flexibility index (Phi) is 6.59. The van der Waals surface area contributed by atoms with Crippen LogP contribution in [0.2, 0.25) is 0 Å². The molecule has 0 unspecified atom stereocenters. The van der Waals surface area contributed by atoms with Gasteiger partial charge < -0.3 is 4.74 Å². The highest BCUT2D eigenvalue weighted by molar-refractivity contribution is 5.71. The molecule has 0 saturated carbocycles.